The van der Waals surface area contributed by atoms with E-state index in [9.17, 15) is 0 Å². The zero-order valence-electron chi connectivity index (χ0n) is 10.4. The van der Waals surface area contributed by atoms with Gasteiger partial charge in [-0.25, -0.2) is 0 Å². The lowest BCUT2D eigenvalue weighted by molar-refractivity contribution is 0.351. The maximum absolute atomic E-state index is 5.84. The second-order valence-electron chi connectivity index (χ2n) is 4.69. The van der Waals surface area contributed by atoms with Crippen LogP contribution in [0, 0.1) is 0 Å². The number of hydrogen-bond donors (Lipinski definition) is 2. The third kappa shape index (κ3) is 2.26. The van der Waals surface area contributed by atoms with Crippen molar-refractivity contribution in [2.45, 2.75) is 12.8 Å². The molecule has 3 rings (SSSR count). The fourth-order valence-electron chi connectivity index (χ4n) is 2.37. The van der Waals surface area contributed by atoms with Crippen molar-refractivity contribution in [2.24, 2.45) is 0 Å². The number of likely N-dealkylation sites (tertiary alicyclic amines) is 1. The molecule has 1 aromatic heterocycles. The molecule has 0 radical (unpaired) electrons. The number of nitrogens with two attached hydrogens (primary N) is 1. The second kappa shape index (κ2) is 4.86. The van der Waals surface area contributed by atoms with Crippen LogP contribution in [-0.4, -0.2) is 36.1 Å². The first-order chi connectivity index (χ1) is 8.83. The van der Waals surface area contributed by atoms with Gasteiger partial charge in [0.2, 0.25) is 0 Å². The number of rotatable bonds is 4. The first-order valence-electron chi connectivity index (χ1n) is 6.44. The van der Waals surface area contributed by atoms with Crippen molar-refractivity contribution in [1.82, 2.24) is 9.88 Å². The number of aromatic nitrogens is 1. The zero-order valence-corrected chi connectivity index (χ0v) is 10.4. The number of nitrogen functional groups attached to an aromatic ring is 1. The van der Waals surface area contributed by atoms with Crippen LogP contribution in [-0.2, 0) is 0 Å². The monoisotopic (exact) mass is 246 g/mol. The summed E-state index contributed by atoms with van der Waals surface area (Å²) >= 11 is 0. The summed E-state index contributed by atoms with van der Waals surface area (Å²) < 4.78 is 5.59. The highest BCUT2D eigenvalue weighted by atomic mass is 16.4. The van der Waals surface area contributed by atoms with Gasteiger partial charge in [0.05, 0.1) is 5.69 Å². The van der Waals surface area contributed by atoms with Gasteiger partial charge >= 0.3 is 0 Å². The number of anilines is 2. The van der Waals surface area contributed by atoms with E-state index in [1.54, 1.807) is 0 Å². The maximum atomic E-state index is 5.84. The number of oxazole rings is 1. The van der Waals surface area contributed by atoms with Gasteiger partial charge in [0.25, 0.3) is 6.01 Å². The van der Waals surface area contributed by atoms with Crippen molar-refractivity contribution >= 4 is 22.8 Å². The summed E-state index contributed by atoms with van der Waals surface area (Å²) in [6.45, 7) is 4.31. The third-order valence-electron chi connectivity index (χ3n) is 3.35. The molecule has 1 aliphatic heterocycles. The quantitative estimate of drug-likeness (QED) is 0.807. The molecule has 0 aliphatic carbocycles. The Labute approximate surface area is 106 Å². The smallest absolute Gasteiger partial charge is 0.295 e. The van der Waals surface area contributed by atoms with E-state index in [0.717, 1.165) is 24.2 Å². The topological polar surface area (TPSA) is 67.3 Å². The van der Waals surface area contributed by atoms with Gasteiger partial charge in [0.15, 0.2) is 5.58 Å². The van der Waals surface area contributed by atoms with Crippen LogP contribution >= 0.6 is 0 Å². The van der Waals surface area contributed by atoms with Crippen LogP contribution in [0.15, 0.2) is 22.6 Å². The summed E-state index contributed by atoms with van der Waals surface area (Å²) in [4.78, 5) is 6.80. The Kier molecular flexibility index (Phi) is 3.06. The molecule has 0 unspecified atom stereocenters. The molecule has 96 valence electrons. The molecule has 1 aromatic carbocycles. The lowest BCUT2D eigenvalue weighted by Gasteiger charge is -2.13. The third-order valence-corrected chi connectivity index (χ3v) is 3.35. The predicted molar refractivity (Wildman–Crippen MR) is 72.6 cm³/mol. The van der Waals surface area contributed by atoms with E-state index >= 15 is 0 Å². The minimum absolute atomic E-state index is 0.557. The van der Waals surface area contributed by atoms with Crippen LogP contribution in [0.25, 0.3) is 11.1 Å². The van der Waals surface area contributed by atoms with E-state index in [2.05, 4.69) is 15.2 Å². The molecule has 0 spiro atoms. The highest BCUT2D eigenvalue weighted by Gasteiger charge is 2.11. The summed E-state index contributed by atoms with van der Waals surface area (Å²) in [5.41, 5.74) is 7.97. The number of para-hydroxylation sites is 1. The number of benzene rings is 1. The van der Waals surface area contributed by atoms with Gasteiger partial charge in [-0.05, 0) is 38.1 Å². The van der Waals surface area contributed by atoms with Gasteiger partial charge < -0.3 is 20.4 Å². The van der Waals surface area contributed by atoms with E-state index < -0.39 is 0 Å². The molecule has 5 heteroatoms. The van der Waals surface area contributed by atoms with Crippen LogP contribution in [0.5, 0.6) is 0 Å². The Morgan fingerprint density at radius 2 is 2.17 bits per heavy atom. The summed E-state index contributed by atoms with van der Waals surface area (Å²) in [5.74, 6) is 0. The van der Waals surface area contributed by atoms with Crippen molar-refractivity contribution in [3.63, 3.8) is 0 Å². The number of hydrogen-bond acceptors (Lipinski definition) is 5. The Bertz CT molecular complexity index is 531. The second-order valence-corrected chi connectivity index (χ2v) is 4.69. The number of nitrogens with one attached hydrogen (secondary N) is 1. The van der Waals surface area contributed by atoms with Gasteiger partial charge in [0.1, 0.15) is 5.52 Å². The summed E-state index contributed by atoms with van der Waals surface area (Å²) in [5, 5.41) is 3.21. The van der Waals surface area contributed by atoms with E-state index in [4.69, 9.17) is 10.2 Å². The fourth-order valence-corrected chi connectivity index (χ4v) is 2.37. The molecule has 1 saturated heterocycles. The van der Waals surface area contributed by atoms with Gasteiger partial charge in [0, 0.05) is 13.1 Å². The van der Waals surface area contributed by atoms with E-state index in [-0.39, 0.29) is 0 Å². The maximum Gasteiger partial charge on any atom is 0.295 e. The van der Waals surface area contributed by atoms with Crippen LogP contribution in [0.1, 0.15) is 12.8 Å². The van der Waals surface area contributed by atoms with Crippen LogP contribution in [0.4, 0.5) is 11.7 Å². The minimum Gasteiger partial charge on any atom is -0.423 e. The minimum atomic E-state index is 0.557. The molecule has 2 heterocycles. The van der Waals surface area contributed by atoms with Crippen molar-refractivity contribution in [3.05, 3.63) is 18.2 Å². The Morgan fingerprint density at radius 1 is 1.33 bits per heavy atom. The van der Waals surface area contributed by atoms with Crippen LogP contribution in [0.2, 0.25) is 0 Å². The van der Waals surface area contributed by atoms with Crippen molar-refractivity contribution < 1.29 is 4.42 Å². The lowest BCUT2D eigenvalue weighted by atomic mass is 10.3. The highest BCUT2D eigenvalue weighted by Crippen LogP contribution is 2.23. The van der Waals surface area contributed by atoms with Crippen molar-refractivity contribution in [3.8, 4) is 0 Å². The average Bonchev–Trinajstić information content (AvgIpc) is 2.98. The van der Waals surface area contributed by atoms with Gasteiger partial charge in [-0.15, -0.1) is 0 Å². The number of fused-ring (bicyclic) bond motifs is 1. The Hall–Kier alpha value is -1.75. The molecule has 5 nitrogen and oxygen atoms in total. The molecule has 18 heavy (non-hydrogen) atoms. The van der Waals surface area contributed by atoms with E-state index in [1.807, 2.05) is 18.2 Å². The predicted octanol–water partition coefficient (Wildman–Crippen LogP) is 1.92. The van der Waals surface area contributed by atoms with Gasteiger partial charge in [-0.3, -0.25) is 0 Å². The molecule has 3 N–H and O–H groups in total. The standard InChI is InChI=1S/C13H18N4O/c14-10-4-3-5-11-12(10)16-13(18-11)15-6-9-17-7-1-2-8-17/h3-5H,1-2,6-9,14H2,(H,15,16). The van der Waals surface area contributed by atoms with E-state index in [1.165, 1.54) is 25.9 Å². The fraction of sp³-hybridized carbons (Fsp3) is 0.462. The Morgan fingerprint density at radius 3 is 2.94 bits per heavy atom. The lowest BCUT2D eigenvalue weighted by Crippen LogP contribution is -2.25. The normalized spacial score (nSPS) is 16.4. The highest BCUT2D eigenvalue weighted by molar-refractivity contribution is 5.86. The van der Waals surface area contributed by atoms with Crippen molar-refractivity contribution in [1.29, 1.82) is 0 Å². The first kappa shape index (κ1) is 11.3. The average molecular weight is 246 g/mol. The van der Waals surface area contributed by atoms with Crippen LogP contribution in [0.3, 0.4) is 0 Å². The zero-order chi connectivity index (χ0) is 12.4. The SMILES string of the molecule is Nc1cccc2oc(NCCN3CCCC3)nc12. The largest absolute Gasteiger partial charge is 0.423 e. The summed E-state index contributed by atoms with van der Waals surface area (Å²) in [7, 11) is 0. The summed E-state index contributed by atoms with van der Waals surface area (Å²) in [6, 6.07) is 6.14. The van der Waals surface area contributed by atoms with Crippen molar-refractivity contribution in [2.75, 3.05) is 37.2 Å². The first-order valence-corrected chi connectivity index (χ1v) is 6.44. The van der Waals surface area contributed by atoms with Crippen LogP contribution < -0.4 is 11.1 Å². The molecular formula is C13H18N4O. The molecule has 0 amide bonds. The molecule has 0 bridgehead atoms. The molecule has 1 aliphatic rings. The van der Waals surface area contributed by atoms with Gasteiger partial charge in [-0.2, -0.15) is 4.98 Å². The summed E-state index contributed by atoms with van der Waals surface area (Å²) in [6.07, 6.45) is 2.64. The molecule has 0 saturated carbocycles. The molecule has 1 fully saturated rings. The molecular weight excluding hydrogens is 228 g/mol. The van der Waals surface area contributed by atoms with Gasteiger partial charge in [-0.1, -0.05) is 6.07 Å². The Balaban J connectivity index is 1.62. The molecule has 2 aromatic rings. The molecule has 0 atom stereocenters. The number of nitrogens with zero attached hydrogens (tertiary/aromatic N) is 2. The van der Waals surface area contributed by atoms with E-state index in [0.29, 0.717) is 11.7 Å².